The first-order chi connectivity index (χ1) is 6.00. The highest BCUT2D eigenvalue weighted by atomic mass is 16.2. The van der Waals surface area contributed by atoms with Gasteiger partial charge in [0.1, 0.15) is 0 Å². The third-order valence-corrected chi connectivity index (χ3v) is 1.45. The van der Waals surface area contributed by atoms with Crippen LogP contribution in [0.1, 0.15) is 27.7 Å². The molecule has 0 fully saturated rings. The van der Waals surface area contributed by atoms with Crippen LogP contribution in [0.4, 0.5) is 4.79 Å². The van der Waals surface area contributed by atoms with Gasteiger partial charge in [0.25, 0.3) is 0 Å². The van der Waals surface area contributed by atoms with E-state index in [4.69, 9.17) is 0 Å². The van der Waals surface area contributed by atoms with Crippen LogP contribution in [0.2, 0.25) is 0 Å². The van der Waals surface area contributed by atoms with E-state index in [1.807, 2.05) is 0 Å². The van der Waals surface area contributed by atoms with E-state index in [9.17, 15) is 9.59 Å². The topological polar surface area (TPSA) is 49.4 Å². The van der Waals surface area contributed by atoms with Gasteiger partial charge in [0.15, 0.2) is 0 Å². The number of hydrogen-bond acceptors (Lipinski definition) is 2. The predicted octanol–water partition coefficient (Wildman–Crippen LogP) is 1.49. The number of urea groups is 1. The Kier molecular flexibility index (Phi) is 4.80. The number of nitrogens with zero attached hydrogens (tertiary/aromatic N) is 1. The van der Waals surface area contributed by atoms with Crippen LogP contribution in [-0.2, 0) is 4.79 Å². The van der Waals surface area contributed by atoms with E-state index < -0.39 is 0 Å². The number of carbonyl (C=O) groups is 2. The lowest BCUT2D eigenvalue weighted by atomic mass is 10.3. The molecule has 0 aliphatic carbocycles. The van der Waals surface area contributed by atoms with Gasteiger partial charge in [0.05, 0.1) is 0 Å². The lowest BCUT2D eigenvalue weighted by Crippen LogP contribution is -2.45. The normalized spacial score (nSPS) is 10.5. The largest absolute Gasteiger partial charge is 0.328 e. The molecule has 0 heterocycles. The Labute approximate surface area is 78.6 Å². The molecule has 1 N–H and O–H groups in total. The van der Waals surface area contributed by atoms with E-state index in [1.165, 1.54) is 18.0 Å². The Morgan fingerprint density at radius 2 is 1.92 bits per heavy atom. The third kappa shape index (κ3) is 3.73. The minimum atomic E-state index is -0.388. The van der Waals surface area contributed by atoms with Crippen molar-refractivity contribution in [3.63, 3.8) is 0 Å². The molecule has 0 spiro atoms. The van der Waals surface area contributed by atoms with Crippen molar-refractivity contribution >= 4 is 11.9 Å². The van der Waals surface area contributed by atoms with E-state index in [0.717, 1.165) is 0 Å². The number of hydrogen-bond donors (Lipinski definition) is 1. The molecule has 74 valence electrons. The third-order valence-electron chi connectivity index (χ3n) is 1.45. The molecule has 0 aliphatic heterocycles. The minimum Gasteiger partial charge on any atom is -0.314 e. The molecule has 0 aromatic rings. The fourth-order valence-corrected chi connectivity index (χ4v) is 0.965. The molecule has 0 aliphatic rings. The summed E-state index contributed by atoms with van der Waals surface area (Å²) in [5, 5.41) is 2.48. The number of carbonyl (C=O) groups excluding carboxylic acids is 2. The van der Waals surface area contributed by atoms with Gasteiger partial charge in [-0.1, -0.05) is 6.08 Å². The first-order valence-corrected chi connectivity index (χ1v) is 4.22. The van der Waals surface area contributed by atoms with Gasteiger partial charge in [0, 0.05) is 19.2 Å². The lowest BCUT2D eigenvalue weighted by molar-refractivity contribution is -0.127. The van der Waals surface area contributed by atoms with Crippen molar-refractivity contribution in [1.29, 1.82) is 0 Å². The van der Waals surface area contributed by atoms with Crippen molar-refractivity contribution in [3.05, 3.63) is 12.3 Å². The average Bonchev–Trinajstić information content (AvgIpc) is 1.99. The van der Waals surface area contributed by atoms with Crippen LogP contribution in [0.3, 0.4) is 0 Å². The second-order valence-electron chi connectivity index (χ2n) is 2.93. The van der Waals surface area contributed by atoms with Crippen molar-refractivity contribution in [1.82, 2.24) is 10.2 Å². The Morgan fingerprint density at radius 3 is 2.23 bits per heavy atom. The summed E-state index contributed by atoms with van der Waals surface area (Å²) in [7, 11) is 0. The highest BCUT2D eigenvalue weighted by molar-refractivity contribution is 5.93. The maximum atomic E-state index is 11.3. The average molecular weight is 184 g/mol. The van der Waals surface area contributed by atoms with E-state index in [2.05, 4.69) is 5.32 Å². The highest BCUT2D eigenvalue weighted by Gasteiger charge is 2.19. The van der Waals surface area contributed by atoms with Gasteiger partial charge in [-0.3, -0.25) is 9.69 Å². The van der Waals surface area contributed by atoms with Crippen LogP contribution >= 0.6 is 0 Å². The standard InChI is InChI=1S/C9H16N2O2/c1-5-6-10-9(13)11(7(2)3)8(4)12/h5-7H,1-4H3,(H,10,13). The molecule has 0 rings (SSSR count). The molecule has 0 aromatic heterocycles. The molecule has 0 unspecified atom stereocenters. The molecule has 0 bridgehead atoms. The van der Waals surface area contributed by atoms with Crippen LogP contribution in [0, 0.1) is 0 Å². The van der Waals surface area contributed by atoms with Gasteiger partial charge in [-0.15, -0.1) is 0 Å². The van der Waals surface area contributed by atoms with Crippen LogP contribution in [0.15, 0.2) is 12.3 Å². The number of nitrogens with one attached hydrogen (secondary N) is 1. The number of rotatable bonds is 2. The molecule has 0 saturated carbocycles. The molecule has 13 heavy (non-hydrogen) atoms. The molecule has 0 radical (unpaired) electrons. The summed E-state index contributed by atoms with van der Waals surface area (Å²) in [6, 6.07) is -0.511. The molecule has 4 heteroatoms. The Morgan fingerprint density at radius 1 is 1.38 bits per heavy atom. The molecular weight excluding hydrogens is 168 g/mol. The summed E-state index contributed by atoms with van der Waals surface area (Å²) in [6.45, 7) is 6.73. The number of allylic oxidation sites excluding steroid dienone is 1. The van der Waals surface area contributed by atoms with Gasteiger partial charge in [-0.05, 0) is 20.8 Å². The summed E-state index contributed by atoms with van der Waals surface area (Å²) in [6.07, 6.45) is 3.19. The fourth-order valence-electron chi connectivity index (χ4n) is 0.965. The summed E-state index contributed by atoms with van der Waals surface area (Å²) >= 11 is 0. The van der Waals surface area contributed by atoms with Crippen molar-refractivity contribution in [2.45, 2.75) is 33.7 Å². The van der Waals surface area contributed by atoms with Gasteiger partial charge in [-0.25, -0.2) is 4.79 Å². The van der Waals surface area contributed by atoms with E-state index in [-0.39, 0.29) is 18.0 Å². The summed E-state index contributed by atoms with van der Waals surface area (Å²) in [5.41, 5.74) is 0. The SMILES string of the molecule is CC=CNC(=O)N(C(C)=O)C(C)C. The molecule has 0 aromatic carbocycles. The van der Waals surface area contributed by atoms with Crippen molar-refractivity contribution < 1.29 is 9.59 Å². The summed E-state index contributed by atoms with van der Waals surface area (Å²) in [4.78, 5) is 23.5. The quantitative estimate of drug-likeness (QED) is 0.706. The van der Waals surface area contributed by atoms with E-state index in [0.29, 0.717) is 0 Å². The zero-order chi connectivity index (χ0) is 10.4. The minimum absolute atomic E-state index is 0.122. The maximum absolute atomic E-state index is 11.3. The smallest absolute Gasteiger partial charge is 0.314 e. The second kappa shape index (κ2) is 5.35. The highest BCUT2D eigenvalue weighted by Crippen LogP contribution is 1.98. The number of imide groups is 1. The molecule has 0 atom stereocenters. The zero-order valence-electron chi connectivity index (χ0n) is 8.50. The van der Waals surface area contributed by atoms with E-state index in [1.54, 1.807) is 26.8 Å². The van der Waals surface area contributed by atoms with Crippen LogP contribution in [0.5, 0.6) is 0 Å². The lowest BCUT2D eigenvalue weighted by Gasteiger charge is -2.22. The van der Waals surface area contributed by atoms with Gasteiger partial charge in [-0.2, -0.15) is 0 Å². The maximum Gasteiger partial charge on any atom is 0.328 e. The first kappa shape index (κ1) is 11.7. The molecule has 4 nitrogen and oxygen atoms in total. The Hall–Kier alpha value is -1.32. The van der Waals surface area contributed by atoms with Crippen LogP contribution in [0.25, 0.3) is 0 Å². The van der Waals surface area contributed by atoms with E-state index >= 15 is 0 Å². The Balaban J connectivity index is 4.38. The van der Waals surface area contributed by atoms with Crippen LogP contribution < -0.4 is 5.32 Å². The predicted molar refractivity (Wildman–Crippen MR) is 51.0 cm³/mol. The monoisotopic (exact) mass is 184 g/mol. The molecule has 0 saturated heterocycles. The van der Waals surface area contributed by atoms with Gasteiger partial charge >= 0.3 is 6.03 Å². The molecular formula is C9H16N2O2. The summed E-state index contributed by atoms with van der Waals surface area (Å²) in [5.74, 6) is -0.253. The van der Waals surface area contributed by atoms with Crippen molar-refractivity contribution in [3.8, 4) is 0 Å². The fraction of sp³-hybridized carbons (Fsp3) is 0.556. The number of amides is 3. The van der Waals surface area contributed by atoms with Crippen LogP contribution in [-0.4, -0.2) is 22.9 Å². The Bertz CT molecular complexity index is 222. The van der Waals surface area contributed by atoms with Gasteiger partial charge < -0.3 is 5.32 Å². The summed E-state index contributed by atoms with van der Waals surface area (Å²) < 4.78 is 0. The van der Waals surface area contributed by atoms with Crippen molar-refractivity contribution in [2.75, 3.05) is 0 Å². The van der Waals surface area contributed by atoms with Crippen molar-refractivity contribution in [2.24, 2.45) is 0 Å². The van der Waals surface area contributed by atoms with Gasteiger partial charge in [0.2, 0.25) is 5.91 Å². The molecule has 3 amide bonds. The zero-order valence-corrected chi connectivity index (χ0v) is 8.50. The first-order valence-electron chi connectivity index (χ1n) is 4.22. The second-order valence-corrected chi connectivity index (χ2v) is 2.93.